The summed E-state index contributed by atoms with van der Waals surface area (Å²) in [6, 6.07) is 7.31. The molecule has 1 saturated carbocycles. The highest BCUT2D eigenvalue weighted by molar-refractivity contribution is 14.0. The molecule has 1 aliphatic carbocycles. The summed E-state index contributed by atoms with van der Waals surface area (Å²) in [4.78, 5) is 5.02. The standard InChI is InChI=1S/C20H33N3O3S.HI/c1-7-21-18(23-17-14-20(4,26-5)19(17,2)3)22-13-12-15-8-10-16(11-9-15)27(6,24)25;/h8-11,17H,7,12-14H2,1-6H3,(H2,21,22,23);1H. The Balaban J connectivity index is 0.00000392. The van der Waals surface area contributed by atoms with Crippen molar-refractivity contribution in [1.82, 2.24) is 10.6 Å². The molecule has 1 aromatic rings. The van der Waals surface area contributed by atoms with Crippen molar-refractivity contribution in [2.75, 3.05) is 26.5 Å². The van der Waals surface area contributed by atoms with E-state index in [2.05, 4.69) is 36.4 Å². The van der Waals surface area contributed by atoms with Crippen molar-refractivity contribution in [1.29, 1.82) is 0 Å². The van der Waals surface area contributed by atoms with Crippen molar-refractivity contribution in [3.8, 4) is 0 Å². The Hall–Kier alpha value is -0.870. The van der Waals surface area contributed by atoms with Crippen LogP contribution in [0.2, 0.25) is 0 Å². The van der Waals surface area contributed by atoms with E-state index in [0.717, 1.165) is 30.9 Å². The van der Waals surface area contributed by atoms with Crippen LogP contribution in [0.1, 0.15) is 39.7 Å². The highest BCUT2D eigenvalue weighted by Crippen LogP contribution is 2.51. The third-order valence-electron chi connectivity index (χ3n) is 5.96. The molecule has 0 bridgehead atoms. The van der Waals surface area contributed by atoms with Gasteiger partial charge in [0.25, 0.3) is 0 Å². The van der Waals surface area contributed by atoms with E-state index in [9.17, 15) is 8.42 Å². The number of guanidine groups is 1. The van der Waals surface area contributed by atoms with Crippen molar-refractivity contribution in [2.45, 2.75) is 57.1 Å². The van der Waals surface area contributed by atoms with Gasteiger partial charge in [-0.25, -0.2) is 8.42 Å². The molecular formula is C20H34IN3O3S. The average molecular weight is 523 g/mol. The van der Waals surface area contributed by atoms with E-state index >= 15 is 0 Å². The number of ether oxygens (including phenoxy) is 1. The van der Waals surface area contributed by atoms with Gasteiger partial charge in [0.2, 0.25) is 0 Å². The lowest BCUT2D eigenvalue weighted by molar-refractivity contribution is -0.176. The van der Waals surface area contributed by atoms with Gasteiger partial charge in [0.15, 0.2) is 15.8 Å². The van der Waals surface area contributed by atoms with Gasteiger partial charge >= 0.3 is 0 Å². The Morgan fingerprint density at radius 1 is 1.25 bits per heavy atom. The second-order valence-corrected chi connectivity index (χ2v) is 10.0. The zero-order valence-corrected chi connectivity index (χ0v) is 20.9. The number of nitrogens with one attached hydrogen (secondary N) is 2. The first-order valence-electron chi connectivity index (χ1n) is 9.42. The molecule has 0 amide bonds. The van der Waals surface area contributed by atoms with E-state index in [1.54, 1.807) is 19.2 Å². The molecule has 2 atom stereocenters. The largest absolute Gasteiger partial charge is 0.378 e. The Morgan fingerprint density at radius 2 is 1.86 bits per heavy atom. The summed E-state index contributed by atoms with van der Waals surface area (Å²) in [5.41, 5.74) is 0.959. The zero-order chi connectivity index (χ0) is 20.3. The van der Waals surface area contributed by atoms with Crippen LogP contribution in [0.4, 0.5) is 0 Å². The van der Waals surface area contributed by atoms with Crippen LogP contribution in [0.3, 0.4) is 0 Å². The molecule has 0 heterocycles. The minimum atomic E-state index is -3.15. The Kier molecular flexibility index (Phi) is 8.77. The van der Waals surface area contributed by atoms with E-state index in [-0.39, 0.29) is 35.0 Å². The van der Waals surface area contributed by atoms with Crippen LogP contribution in [-0.4, -0.2) is 52.5 Å². The van der Waals surface area contributed by atoms with Gasteiger partial charge < -0.3 is 15.4 Å². The van der Waals surface area contributed by atoms with Crippen LogP contribution in [0.15, 0.2) is 34.2 Å². The number of sulfone groups is 1. The molecule has 1 aromatic carbocycles. The molecular weight excluding hydrogens is 489 g/mol. The summed E-state index contributed by atoms with van der Waals surface area (Å²) in [6.45, 7) is 10.0. The Labute approximate surface area is 186 Å². The number of methoxy groups -OCH3 is 1. The molecule has 1 aliphatic rings. The molecule has 28 heavy (non-hydrogen) atoms. The van der Waals surface area contributed by atoms with Crippen molar-refractivity contribution < 1.29 is 13.2 Å². The predicted molar refractivity (Wildman–Crippen MR) is 125 cm³/mol. The van der Waals surface area contributed by atoms with Gasteiger partial charge in [-0.2, -0.15) is 0 Å². The first-order valence-corrected chi connectivity index (χ1v) is 11.3. The lowest BCUT2D eigenvalue weighted by Gasteiger charge is -2.59. The van der Waals surface area contributed by atoms with Gasteiger partial charge in [-0.05, 0) is 44.4 Å². The monoisotopic (exact) mass is 523 g/mol. The van der Waals surface area contributed by atoms with Crippen LogP contribution < -0.4 is 10.6 Å². The molecule has 6 nitrogen and oxygen atoms in total. The number of hydrogen-bond acceptors (Lipinski definition) is 4. The van der Waals surface area contributed by atoms with Crippen LogP contribution in [0, 0.1) is 5.41 Å². The highest BCUT2D eigenvalue weighted by Gasteiger charge is 2.58. The van der Waals surface area contributed by atoms with Crippen LogP contribution in [0.25, 0.3) is 0 Å². The van der Waals surface area contributed by atoms with Gasteiger partial charge in [-0.15, -0.1) is 24.0 Å². The summed E-state index contributed by atoms with van der Waals surface area (Å²) >= 11 is 0. The molecule has 0 spiro atoms. The van der Waals surface area contributed by atoms with Crippen molar-refractivity contribution in [3.63, 3.8) is 0 Å². The maximum Gasteiger partial charge on any atom is 0.191 e. The van der Waals surface area contributed by atoms with E-state index in [1.165, 1.54) is 6.26 Å². The summed E-state index contributed by atoms with van der Waals surface area (Å²) in [6.07, 6.45) is 2.91. The van der Waals surface area contributed by atoms with Crippen molar-refractivity contribution >= 4 is 39.8 Å². The smallest absolute Gasteiger partial charge is 0.191 e. The van der Waals surface area contributed by atoms with Crippen LogP contribution >= 0.6 is 24.0 Å². The zero-order valence-electron chi connectivity index (χ0n) is 17.7. The second kappa shape index (κ2) is 9.75. The molecule has 2 unspecified atom stereocenters. The topological polar surface area (TPSA) is 79.8 Å². The summed E-state index contributed by atoms with van der Waals surface area (Å²) in [7, 11) is -1.38. The number of halogens is 1. The molecule has 0 aromatic heterocycles. The molecule has 1 fully saturated rings. The molecule has 8 heteroatoms. The lowest BCUT2D eigenvalue weighted by atomic mass is 9.56. The number of rotatable bonds is 7. The number of aliphatic imine (C=N–C) groups is 1. The fourth-order valence-electron chi connectivity index (χ4n) is 3.41. The molecule has 0 radical (unpaired) electrons. The molecule has 2 N–H and O–H groups in total. The van der Waals surface area contributed by atoms with E-state index in [4.69, 9.17) is 4.74 Å². The molecule has 0 saturated heterocycles. The van der Waals surface area contributed by atoms with E-state index in [1.807, 2.05) is 19.1 Å². The SMILES string of the molecule is CCNC(=NCCc1ccc(S(C)(=O)=O)cc1)NC1CC(C)(OC)C1(C)C.I. The van der Waals surface area contributed by atoms with Gasteiger partial charge in [-0.1, -0.05) is 26.0 Å². The van der Waals surface area contributed by atoms with Gasteiger partial charge in [-0.3, -0.25) is 4.99 Å². The van der Waals surface area contributed by atoms with Crippen LogP contribution in [-0.2, 0) is 21.0 Å². The first-order chi connectivity index (χ1) is 12.5. The van der Waals surface area contributed by atoms with E-state index < -0.39 is 9.84 Å². The molecule has 2 rings (SSSR count). The van der Waals surface area contributed by atoms with Crippen molar-refractivity contribution in [3.05, 3.63) is 29.8 Å². The minimum absolute atomic E-state index is 0. The Bertz CT molecular complexity index is 778. The third kappa shape index (κ3) is 5.60. The van der Waals surface area contributed by atoms with Crippen molar-refractivity contribution in [2.24, 2.45) is 10.4 Å². The summed E-state index contributed by atoms with van der Waals surface area (Å²) in [5, 5.41) is 6.83. The maximum absolute atomic E-state index is 11.5. The average Bonchev–Trinajstić information content (AvgIpc) is 2.60. The fraction of sp³-hybridized carbons (Fsp3) is 0.650. The Morgan fingerprint density at radius 3 is 2.32 bits per heavy atom. The van der Waals surface area contributed by atoms with E-state index in [0.29, 0.717) is 17.5 Å². The maximum atomic E-state index is 11.5. The summed E-state index contributed by atoms with van der Waals surface area (Å²) < 4.78 is 28.7. The normalized spacial score (nSPS) is 24.1. The highest BCUT2D eigenvalue weighted by atomic mass is 127. The first kappa shape index (κ1) is 25.2. The number of benzene rings is 1. The fourth-order valence-corrected chi connectivity index (χ4v) is 4.04. The number of nitrogens with zero attached hydrogens (tertiary/aromatic N) is 1. The lowest BCUT2D eigenvalue weighted by Crippen LogP contribution is -2.69. The van der Waals surface area contributed by atoms with Crippen LogP contribution in [0.5, 0.6) is 0 Å². The van der Waals surface area contributed by atoms with Gasteiger partial charge in [0.1, 0.15) is 0 Å². The summed E-state index contributed by atoms with van der Waals surface area (Å²) in [5.74, 6) is 0.807. The minimum Gasteiger partial charge on any atom is -0.378 e. The van der Waals surface area contributed by atoms with Gasteiger partial charge in [0.05, 0.1) is 10.5 Å². The predicted octanol–water partition coefficient (Wildman–Crippen LogP) is 3.01. The number of hydrogen-bond donors (Lipinski definition) is 2. The van der Waals surface area contributed by atoms with Gasteiger partial charge in [0, 0.05) is 37.9 Å². The molecule has 0 aliphatic heterocycles. The molecule has 160 valence electrons. The second-order valence-electron chi connectivity index (χ2n) is 7.98. The quantitative estimate of drug-likeness (QED) is 0.327. The third-order valence-corrected chi connectivity index (χ3v) is 7.08.